The number of hydrogen-bond donors (Lipinski definition) is 1. The van der Waals surface area contributed by atoms with Gasteiger partial charge in [0, 0.05) is 23.8 Å². The minimum atomic E-state index is 0.433. The Kier molecular flexibility index (Phi) is 4.19. The first kappa shape index (κ1) is 13.5. The number of anilines is 1. The second-order valence-corrected chi connectivity index (χ2v) is 7.92. The lowest BCUT2D eigenvalue weighted by atomic mass is 10.2. The fraction of sp³-hybridized carbons (Fsp3) is 0.538. The van der Waals surface area contributed by atoms with E-state index in [2.05, 4.69) is 35.4 Å². The largest absolute Gasteiger partial charge is 0.372 e. The fourth-order valence-electron chi connectivity index (χ4n) is 2.33. The summed E-state index contributed by atoms with van der Waals surface area (Å²) >= 11 is 5.78. The highest BCUT2D eigenvalue weighted by atomic mass is 32.2. The number of thiophene rings is 1. The van der Waals surface area contributed by atoms with E-state index in [0.717, 1.165) is 21.9 Å². The van der Waals surface area contributed by atoms with E-state index < -0.39 is 0 Å². The molecule has 0 amide bonds. The van der Waals surface area contributed by atoms with Crippen LogP contribution in [0.1, 0.15) is 24.4 Å². The molecule has 1 N–H and O–H groups in total. The smallest absolute Gasteiger partial charge is 0.146 e. The Hall–Kier alpha value is -0.460. The zero-order valence-electron chi connectivity index (χ0n) is 11.0. The maximum Gasteiger partial charge on any atom is 0.146 e. The van der Waals surface area contributed by atoms with Gasteiger partial charge in [-0.15, -0.1) is 23.1 Å². The highest BCUT2D eigenvalue weighted by molar-refractivity contribution is 8.06. The molecular weight excluding hydrogens is 294 g/mol. The summed E-state index contributed by atoms with van der Waals surface area (Å²) in [6.45, 7) is 2.26. The third kappa shape index (κ3) is 2.58. The van der Waals surface area contributed by atoms with E-state index >= 15 is 0 Å². The number of nitrogens with zero attached hydrogens (tertiary/aromatic N) is 2. The second kappa shape index (κ2) is 5.89. The minimum absolute atomic E-state index is 0.433. The van der Waals surface area contributed by atoms with Crippen LogP contribution in [0.4, 0.5) is 5.82 Å². The molecular formula is C13H17N3S3. The predicted octanol–water partition coefficient (Wildman–Crippen LogP) is 4.03. The highest BCUT2D eigenvalue weighted by Crippen LogP contribution is 2.43. The van der Waals surface area contributed by atoms with Crippen molar-refractivity contribution in [2.75, 3.05) is 23.9 Å². The molecule has 1 saturated heterocycles. The molecule has 0 saturated carbocycles. The van der Waals surface area contributed by atoms with Gasteiger partial charge < -0.3 is 5.32 Å². The molecule has 0 aliphatic carbocycles. The first-order valence-corrected chi connectivity index (χ1v) is 9.47. The van der Waals surface area contributed by atoms with Gasteiger partial charge in [0.25, 0.3) is 0 Å². The van der Waals surface area contributed by atoms with Gasteiger partial charge in [0.05, 0.1) is 10.6 Å². The molecule has 3 heterocycles. The maximum absolute atomic E-state index is 4.80. The Morgan fingerprint density at radius 3 is 2.95 bits per heavy atom. The Morgan fingerprint density at radius 1 is 1.32 bits per heavy atom. The molecule has 2 aromatic heterocycles. The van der Waals surface area contributed by atoms with Gasteiger partial charge in [0.1, 0.15) is 16.5 Å². The molecule has 2 atom stereocenters. The number of nitrogens with one attached hydrogen (secondary N) is 1. The molecule has 3 rings (SSSR count). The minimum Gasteiger partial charge on any atom is -0.372 e. The summed E-state index contributed by atoms with van der Waals surface area (Å²) in [5.41, 5.74) is 0. The van der Waals surface area contributed by atoms with Crippen LogP contribution in [0.25, 0.3) is 10.2 Å². The Morgan fingerprint density at radius 2 is 2.16 bits per heavy atom. The zero-order chi connectivity index (χ0) is 13.2. The van der Waals surface area contributed by atoms with Gasteiger partial charge in [0.2, 0.25) is 0 Å². The Balaban J connectivity index is 2.03. The van der Waals surface area contributed by atoms with Crippen molar-refractivity contribution in [1.82, 2.24) is 9.97 Å². The predicted molar refractivity (Wildman–Crippen MR) is 88.7 cm³/mol. The SMILES string of the molecule is CCC1SCCSC1c1nc(NC)c2ccsc2n1. The van der Waals surface area contributed by atoms with Gasteiger partial charge in [-0.1, -0.05) is 6.92 Å². The molecule has 2 aromatic rings. The first-order valence-electron chi connectivity index (χ1n) is 6.49. The molecule has 3 nitrogen and oxygen atoms in total. The zero-order valence-corrected chi connectivity index (χ0v) is 13.5. The monoisotopic (exact) mass is 311 g/mol. The summed E-state index contributed by atoms with van der Waals surface area (Å²) < 4.78 is 0. The fourth-order valence-corrected chi connectivity index (χ4v) is 6.09. The number of aromatic nitrogens is 2. The van der Waals surface area contributed by atoms with Crippen molar-refractivity contribution < 1.29 is 0 Å². The van der Waals surface area contributed by atoms with Crippen LogP contribution >= 0.6 is 34.9 Å². The van der Waals surface area contributed by atoms with Crippen LogP contribution in [0.5, 0.6) is 0 Å². The lowest BCUT2D eigenvalue weighted by Crippen LogP contribution is -2.20. The second-order valence-electron chi connectivity index (χ2n) is 4.43. The van der Waals surface area contributed by atoms with E-state index in [0.29, 0.717) is 10.5 Å². The van der Waals surface area contributed by atoms with Gasteiger partial charge in [-0.05, 0) is 17.9 Å². The van der Waals surface area contributed by atoms with Crippen LogP contribution in [0.2, 0.25) is 0 Å². The summed E-state index contributed by atoms with van der Waals surface area (Å²) in [5, 5.41) is 7.50. The van der Waals surface area contributed by atoms with Crippen molar-refractivity contribution in [2.24, 2.45) is 0 Å². The van der Waals surface area contributed by atoms with Crippen LogP contribution in [-0.4, -0.2) is 33.8 Å². The molecule has 0 aromatic carbocycles. The van der Waals surface area contributed by atoms with Gasteiger partial charge in [-0.3, -0.25) is 0 Å². The third-order valence-electron chi connectivity index (χ3n) is 3.29. The Bertz CT molecular complexity index is 569. The van der Waals surface area contributed by atoms with Crippen LogP contribution in [0.3, 0.4) is 0 Å². The summed E-state index contributed by atoms with van der Waals surface area (Å²) in [4.78, 5) is 10.7. The maximum atomic E-state index is 4.80. The van der Waals surface area contributed by atoms with Crippen LogP contribution in [0.15, 0.2) is 11.4 Å². The average molecular weight is 312 g/mol. The molecule has 19 heavy (non-hydrogen) atoms. The van der Waals surface area contributed by atoms with E-state index in [4.69, 9.17) is 9.97 Å². The van der Waals surface area contributed by atoms with Crippen molar-refractivity contribution in [3.63, 3.8) is 0 Å². The molecule has 6 heteroatoms. The normalized spacial score (nSPS) is 23.7. The molecule has 1 aliphatic rings. The molecule has 1 fully saturated rings. The summed E-state index contributed by atoms with van der Waals surface area (Å²) in [6, 6.07) is 2.09. The third-order valence-corrected chi connectivity index (χ3v) is 7.34. The van der Waals surface area contributed by atoms with Crippen LogP contribution in [0, 0.1) is 0 Å². The first-order chi connectivity index (χ1) is 9.33. The number of thioether (sulfide) groups is 2. The molecule has 2 unspecified atom stereocenters. The molecule has 0 radical (unpaired) electrons. The lowest BCUT2D eigenvalue weighted by Gasteiger charge is -2.28. The number of fused-ring (bicyclic) bond motifs is 1. The van der Waals surface area contributed by atoms with E-state index in [1.807, 2.05) is 18.8 Å². The van der Waals surface area contributed by atoms with Gasteiger partial charge in [0.15, 0.2) is 0 Å². The van der Waals surface area contributed by atoms with Crippen LogP contribution < -0.4 is 5.32 Å². The molecule has 0 bridgehead atoms. The van der Waals surface area contributed by atoms with Crippen molar-refractivity contribution in [3.8, 4) is 0 Å². The van der Waals surface area contributed by atoms with Crippen molar-refractivity contribution in [3.05, 3.63) is 17.3 Å². The number of hydrogen-bond acceptors (Lipinski definition) is 6. The van der Waals surface area contributed by atoms with E-state index in [9.17, 15) is 0 Å². The summed E-state index contributed by atoms with van der Waals surface area (Å²) in [7, 11) is 1.93. The lowest BCUT2D eigenvalue weighted by molar-refractivity contribution is 0.755. The standard InChI is InChI=1S/C13H17N3S3/c1-3-9-10(18-7-6-17-9)12-15-11(14-2)8-4-5-19-13(8)16-12/h4-5,9-10H,3,6-7H2,1-2H3,(H,14,15,16). The summed E-state index contributed by atoms with van der Waals surface area (Å²) in [5.74, 6) is 4.42. The van der Waals surface area contributed by atoms with Gasteiger partial charge >= 0.3 is 0 Å². The topological polar surface area (TPSA) is 37.8 Å². The molecule has 0 spiro atoms. The number of rotatable bonds is 3. The van der Waals surface area contributed by atoms with Crippen LogP contribution in [-0.2, 0) is 0 Å². The van der Waals surface area contributed by atoms with Gasteiger partial charge in [-0.2, -0.15) is 11.8 Å². The molecule has 1 aliphatic heterocycles. The van der Waals surface area contributed by atoms with Crippen molar-refractivity contribution >= 4 is 50.9 Å². The van der Waals surface area contributed by atoms with E-state index in [1.165, 1.54) is 17.9 Å². The summed E-state index contributed by atoms with van der Waals surface area (Å²) in [6.07, 6.45) is 1.18. The quantitative estimate of drug-likeness (QED) is 0.926. The van der Waals surface area contributed by atoms with Crippen molar-refractivity contribution in [1.29, 1.82) is 0 Å². The Labute approximate surface area is 126 Å². The van der Waals surface area contributed by atoms with E-state index in [1.54, 1.807) is 11.3 Å². The molecule has 102 valence electrons. The highest BCUT2D eigenvalue weighted by Gasteiger charge is 2.29. The van der Waals surface area contributed by atoms with Gasteiger partial charge in [-0.25, -0.2) is 9.97 Å². The average Bonchev–Trinajstić information content (AvgIpc) is 2.94. The van der Waals surface area contributed by atoms with Crippen molar-refractivity contribution in [2.45, 2.75) is 23.8 Å². The van der Waals surface area contributed by atoms with E-state index in [-0.39, 0.29) is 0 Å².